The molecule has 1 aromatic heterocycles. The molecule has 7 heavy (non-hydrogen) atoms. The highest BCUT2D eigenvalue weighted by Crippen LogP contribution is 1.94. The van der Waals surface area contributed by atoms with E-state index in [1.54, 1.807) is 18.3 Å². The molecule has 0 aliphatic carbocycles. The molecule has 0 aliphatic rings. The van der Waals surface area contributed by atoms with E-state index in [9.17, 15) is 0 Å². The molecule has 0 amide bonds. The van der Waals surface area contributed by atoms with Crippen LogP contribution in [0.1, 0.15) is 0 Å². The topological polar surface area (TPSA) is 12.9 Å². The average molecular weight is 110 g/mol. The van der Waals surface area contributed by atoms with Crippen LogP contribution in [0, 0.1) is 6.07 Å². The van der Waals surface area contributed by atoms with Gasteiger partial charge in [-0.2, -0.15) is 0 Å². The lowest BCUT2D eigenvalue weighted by molar-refractivity contribution is 1.14. The van der Waals surface area contributed by atoms with Gasteiger partial charge in [0.05, 0.1) is 0 Å². The minimum atomic E-state index is 0.641. The van der Waals surface area contributed by atoms with Gasteiger partial charge in [0.2, 0.25) is 0 Å². The molecule has 0 saturated carbocycles. The number of hydrogen-bond acceptors (Lipinski definition) is 2. The molecule has 0 fully saturated rings. The lowest BCUT2D eigenvalue weighted by Crippen LogP contribution is -1.68. The number of nitrogens with zero attached hydrogens (tertiary/aromatic N) is 1. The van der Waals surface area contributed by atoms with Gasteiger partial charge >= 0.3 is 0 Å². The van der Waals surface area contributed by atoms with Crippen LogP contribution in [0.5, 0.6) is 0 Å². The number of pyridine rings is 1. The summed E-state index contributed by atoms with van der Waals surface area (Å²) in [5.41, 5.74) is 0. The fourth-order valence-electron chi connectivity index (χ4n) is 0.317. The molecule has 0 atom stereocenters. The highest BCUT2D eigenvalue weighted by Gasteiger charge is 1.75. The number of rotatable bonds is 0. The van der Waals surface area contributed by atoms with Crippen molar-refractivity contribution in [1.29, 1.82) is 0 Å². The van der Waals surface area contributed by atoms with Gasteiger partial charge in [-0.3, -0.25) is 0 Å². The van der Waals surface area contributed by atoms with Crippen molar-refractivity contribution in [3.8, 4) is 0 Å². The molecular weight excluding hydrogens is 106 g/mol. The molecule has 0 N–H and O–H groups in total. The quantitative estimate of drug-likeness (QED) is 0.495. The van der Waals surface area contributed by atoms with Gasteiger partial charge in [-0.15, -0.1) is 12.6 Å². The minimum Gasteiger partial charge on any atom is -0.250 e. The number of hydrogen-bond donors (Lipinski definition) is 1. The number of thiol groups is 1. The van der Waals surface area contributed by atoms with Crippen molar-refractivity contribution in [2.24, 2.45) is 0 Å². The van der Waals surface area contributed by atoms with Gasteiger partial charge in [-0.1, -0.05) is 6.07 Å². The summed E-state index contributed by atoms with van der Waals surface area (Å²) in [5, 5.41) is 0.641. The first-order chi connectivity index (χ1) is 3.39. The second-order valence-electron chi connectivity index (χ2n) is 1.11. The van der Waals surface area contributed by atoms with E-state index in [0.29, 0.717) is 5.03 Å². The first kappa shape index (κ1) is 4.65. The molecule has 0 saturated heterocycles. The highest BCUT2D eigenvalue weighted by atomic mass is 32.1. The van der Waals surface area contributed by atoms with E-state index in [0.717, 1.165) is 0 Å². The summed E-state index contributed by atoms with van der Waals surface area (Å²) >= 11 is 3.92. The molecule has 1 heterocycles. The van der Waals surface area contributed by atoms with Crippen LogP contribution in [0.3, 0.4) is 0 Å². The van der Waals surface area contributed by atoms with Crippen LogP contribution in [-0.2, 0) is 0 Å². The molecule has 2 heteroatoms. The van der Waals surface area contributed by atoms with Crippen molar-refractivity contribution in [3.05, 3.63) is 24.4 Å². The van der Waals surface area contributed by atoms with Crippen molar-refractivity contribution in [3.63, 3.8) is 0 Å². The van der Waals surface area contributed by atoms with Crippen LogP contribution in [0.2, 0.25) is 0 Å². The van der Waals surface area contributed by atoms with E-state index >= 15 is 0 Å². The first-order valence-corrected chi connectivity index (χ1v) is 2.36. The summed E-state index contributed by atoms with van der Waals surface area (Å²) in [5.74, 6) is 0. The maximum absolute atomic E-state index is 3.92. The van der Waals surface area contributed by atoms with Crippen molar-refractivity contribution < 1.29 is 0 Å². The molecule has 1 radical (unpaired) electrons. The van der Waals surface area contributed by atoms with Gasteiger partial charge in [-0.25, -0.2) is 4.98 Å². The Kier molecular flexibility index (Phi) is 1.32. The summed E-state index contributed by atoms with van der Waals surface area (Å²) in [7, 11) is 0. The van der Waals surface area contributed by atoms with Crippen molar-refractivity contribution in [1.82, 2.24) is 4.98 Å². The second kappa shape index (κ2) is 1.98. The van der Waals surface area contributed by atoms with Gasteiger partial charge < -0.3 is 0 Å². The molecular formula is C5H4NS. The Morgan fingerprint density at radius 2 is 2.57 bits per heavy atom. The predicted octanol–water partition coefficient (Wildman–Crippen LogP) is 1.17. The van der Waals surface area contributed by atoms with Crippen LogP contribution in [-0.4, -0.2) is 4.98 Å². The van der Waals surface area contributed by atoms with Crippen molar-refractivity contribution >= 4 is 12.6 Å². The van der Waals surface area contributed by atoms with Crippen molar-refractivity contribution in [2.75, 3.05) is 0 Å². The van der Waals surface area contributed by atoms with Crippen LogP contribution < -0.4 is 0 Å². The summed E-state index contributed by atoms with van der Waals surface area (Å²) in [6.07, 6.45) is 1.68. The van der Waals surface area contributed by atoms with Crippen LogP contribution >= 0.6 is 12.6 Å². The van der Waals surface area contributed by atoms with E-state index in [1.165, 1.54) is 0 Å². The lowest BCUT2D eigenvalue weighted by Gasteiger charge is -1.80. The summed E-state index contributed by atoms with van der Waals surface area (Å²) in [6, 6.07) is 6.36. The first-order valence-electron chi connectivity index (χ1n) is 1.91. The molecule has 1 nitrogen and oxygen atoms in total. The molecule has 1 aromatic rings. The number of aromatic nitrogens is 1. The Balaban J connectivity index is 3.02. The SMILES string of the molecule is Sc1[c]cccn1. The molecule has 0 aliphatic heterocycles. The van der Waals surface area contributed by atoms with Crippen LogP contribution in [0.15, 0.2) is 23.4 Å². The third-order valence-electron chi connectivity index (χ3n) is 0.592. The second-order valence-corrected chi connectivity index (χ2v) is 1.53. The fourth-order valence-corrected chi connectivity index (χ4v) is 0.458. The molecule has 0 unspecified atom stereocenters. The zero-order chi connectivity index (χ0) is 5.11. The summed E-state index contributed by atoms with van der Waals surface area (Å²) in [6.45, 7) is 0. The average Bonchev–Trinajstić information content (AvgIpc) is 1.69. The predicted molar refractivity (Wildman–Crippen MR) is 30.3 cm³/mol. The van der Waals surface area contributed by atoms with E-state index in [1.807, 2.05) is 0 Å². The van der Waals surface area contributed by atoms with E-state index in [-0.39, 0.29) is 0 Å². The smallest absolute Gasteiger partial charge is 0.101 e. The molecule has 0 aromatic carbocycles. The Morgan fingerprint density at radius 3 is 2.86 bits per heavy atom. The Hall–Kier alpha value is -0.500. The fraction of sp³-hybridized carbons (Fsp3) is 0. The third-order valence-corrected chi connectivity index (χ3v) is 0.836. The zero-order valence-corrected chi connectivity index (χ0v) is 4.52. The van der Waals surface area contributed by atoms with Crippen LogP contribution in [0.25, 0.3) is 0 Å². The van der Waals surface area contributed by atoms with Gasteiger partial charge in [0.1, 0.15) is 5.03 Å². The summed E-state index contributed by atoms with van der Waals surface area (Å²) in [4.78, 5) is 3.79. The minimum absolute atomic E-state index is 0.641. The van der Waals surface area contributed by atoms with Gasteiger partial charge in [0.15, 0.2) is 0 Å². The normalized spacial score (nSPS) is 8.71. The molecule has 0 bridgehead atoms. The highest BCUT2D eigenvalue weighted by molar-refractivity contribution is 7.80. The molecule has 0 spiro atoms. The Bertz CT molecular complexity index is 138. The van der Waals surface area contributed by atoms with E-state index in [4.69, 9.17) is 0 Å². The summed E-state index contributed by atoms with van der Waals surface area (Å²) < 4.78 is 0. The Labute approximate surface area is 47.8 Å². The van der Waals surface area contributed by atoms with Crippen molar-refractivity contribution in [2.45, 2.75) is 5.03 Å². The molecule has 1 rings (SSSR count). The monoisotopic (exact) mass is 110 g/mol. The van der Waals surface area contributed by atoms with Crippen LogP contribution in [0.4, 0.5) is 0 Å². The van der Waals surface area contributed by atoms with E-state index < -0.39 is 0 Å². The third kappa shape index (κ3) is 1.20. The largest absolute Gasteiger partial charge is 0.250 e. The molecule has 35 valence electrons. The zero-order valence-electron chi connectivity index (χ0n) is 3.63. The van der Waals surface area contributed by atoms with E-state index in [2.05, 4.69) is 23.7 Å². The van der Waals surface area contributed by atoms with Gasteiger partial charge in [0.25, 0.3) is 0 Å². The maximum Gasteiger partial charge on any atom is 0.101 e. The van der Waals surface area contributed by atoms with Gasteiger partial charge in [0, 0.05) is 12.3 Å². The standard InChI is InChI=1S/C5H4NS/c7-5-3-1-2-4-6-5/h1-2,4H,(H,6,7). The lowest BCUT2D eigenvalue weighted by atomic mass is 10.5. The Morgan fingerprint density at radius 1 is 1.71 bits per heavy atom. The maximum atomic E-state index is 3.92. The van der Waals surface area contributed by atoms with Gasteiger partial charge in [-0.05, 0) is 6.07 Å².